The van der Waals surface area contributed by atoms with Gasteiger partial charge in [0, 0.05) is 0 Å². The highest BCUT2D eigenvalue weighted by Gasteiger charge is 2.49. The zero-order valence-electron chi connectivity index (χ0n) is 7.35. The van der Waals surface area contributed by atoms with Crippen LogP contribution in [0.15, 0.2) is 0 Å². The van der Waals surface area contributed by atoms with Gasteiger partial charge in [-0.05, 0) is 25.7 Å². The first kappa shape index (κ1) is 8.57. The summed E-state index contributed by atoms with van der Waals surface area (Å²) in [5, 5.41) is 0. The van der Waals surface area contributed by atoms with Gasteiger partial charge in [-0.1, -0.05) is 13.8 Å². The lowest BCUT2D eigenvalue weighted by molar-refractivity contribution is -0.150. The first-order chi connectivity index (χ1) is 5.25. The van der Waals surface area contributed by atoms with E-state index in [2.05, 4.69) is 6.92 Å². The summed E-state index contributed by atoms with van der Waals surface area (Å²) in [6.07, 6.45) is 3.93. The molecule has 0 bridgehead atoms. The van der Waals surface area contributed by atoms with Crippen LogP contribution in [0.3, 0.4) is 0 Å². The van der Waals surface area contributed by atoms with E-state index in [1.165, 1.54) is 0 Å². The Balaban J connectivity index is 2.29. The van der Waals surface area contributed by atoms with Crippen LogP contribution in [0, 0.1) is 5.41 Å². The topological polar surface area (TPSA) is 26.3 Å². The Morgan fingerprint density at radius 3 is 2.45 bits per heavy atom. The van der Waals surface area contributed by atoms with Gasteiger partial charge in [0.15, 0.2) is 0 Å². The van der Waals surface area contributed by atoms with Gasteiger partial charge in [-0.15, -0.1) is 0 Å². The van der Waals surface area contributed by atoms with Crippen molar-refractivity contribution < 1.29 is 9.53 Å². The van der Waals surface area contributed by atoms with Crippen molar-refractivity contribution in [1.82, 2.24) is 0 Å². The third-order valence-electron chi connectivity index (χ3n) is 2.40. The van der Waals surface area contributed by atoms with Crippen LogP contribution in [-0.2, 0) is 9.53 Å². The fraction of sp³-hybridized carbons (Fsp3) is 0.889. The molecule has 1 saturated carbocycles. The monoisotopic (exact) mass is 156 g/mol. The van der Waals surface area contributed by atoms with Crippen molar-refractivity contribution in [1.29, 1.82) is 0 Å². The number of rotatable bonds is 4. The highest BCUT2D eigenvalue weighted by Crippen LogP contribution is 2.49. The minimum Gasteiger partial charge on any atom is -0.465 e. The third-order valence-corrected chi connectivity index (χ3v) is 2.40. The van der Waals surface area contributed by atoms with Gasteiger partial charge in [0.05, 0.1) is 12.0 Å². The largest absolute Gasteiger partial charge is 0.465 e. The summed E-state index contributed by atoms with van der Waals surface area (Å²) in [7, 11) is 0. The van der Waals surface area contributed by atoms with Crippen LogP contribution in [0.25, 0.3) is 0 Å². The van der Waals surface area contributed by atoms with Crippen LogP contribution in [0.1, 0.15) is 39.5 Å². The van der Waals surface area contributed by atoms with Crippen molar-refractivity contribution in [2.24, 2.45) is 5.41 Å². The molecule has 0 aromatic rings. The van der Waals surface area contributed by atoms with E-state index >= 15 is 0 Å². The van der Waals surface area contributed by atoms with Crippen LogP contribution in [0.5, 0.6) is 0 Å². The van der Waals surface area contributed by atoms with Crippen LogP contribution in [-0.4, -0.2) is 12.6 Å². The SMILES string of the molecule is CCCOC(=O)C1(CC)CC1. The fourth-order valence-electron chi connectivity index (χ4n) is 1.20. The zero-order chi connectivity index (χ0) is 8.32. The van der Waals surface area contributed by atoms with Crippen LogP contribution in [0.2, 0.25) is 0 Å². The molecular formula is C9H16O2. The van der Waals surface area contributed by atoms with Gasteiger partial charge >= 0.3 is 5.97 Å². The van der Waals surface area contributed by atoms with E-state index in [9.17, 15) is 4.79 Å². The molecule has 0 heterocycles. The molecule has 0 spiro atoms. The Bertz CT molecular complexity index is 148. The lowest BCUT2D eigenvalue weighted by atomic mass is 10.1. The maximum Gasteiger partial charge on any atom is 0.312 e. The second kappa shape index (κ2) is 3.24. The van der Waals surface area contributed by atoms with Crippen molar-refractivity contribution in [2.75, 3.05) is 6.61 Å². The van der Waals surface area contributed by atoms with Crippen molar-refractivity contribution in [3.63, 3.8) is 0 Å². The molecule has 1 aliphatic rings. The second-order valence-electron chi connectivity index (χ2n) is 3.27. The molecule has 0 radical (unpaired) electrons. The molecule has 64 valence electrons. The smallest absolute Gasteiger partial charge is 0.312 e. The van der Waals surface area contributed by atoms with Crippen LogP contribution in [0.4, 0.5) is 0 Å². The lowest BCUT2D eigenvalue weighted by Gasteiger charge is -2.10. The average molecular weight is 156 g/mol. The fourth-order valence-corrected chi connectivity index (χ4v) is 1.20. The number of hydrogen-bond acceptors (Lipinski definition) is 2. The van der Waals surface area contributed by atoms with Gasteiger partial charge in [0.1, 0.15) is 0 Å². The maximum atomic E-state index is 11.3. The zero-order valence-corrected chi connectivity index (χ0v) is 7.35. The summed E-state index contributed by atoms with van der Waals surface area (Å²) in [6, 6.07) is 0. The molecule has 0 aromatic heterocycles. The Labute approximate surface area is 67.9 Å². The average Bonchev–Trinajstić information content (AvgIpc) is 2.80. The van der Waals surface area contributed by atoms with Crippen molar-refractivity contribution >= 4 is 5.97 Å². The highest BCUT2D eigenvalue weighted by atomic mass is 16.5. The van der Waals surface area contributed by atoms with E-state index in [4.69, 9.17) is 4.74 Å². The Hall–Kier alpha value is -0.530. The van der Waals surface area contributed by atoms with Gasteiger partial charge < -0.3 is 4.74 Å². The van der Waals surface area contributed by atoms with E-state index < -0.39 is 0 Å². The number of hydrogen-bond donors (Lipinski definition) is 0. The number of carbonyl (C=O) groups excluding carboxylic acids is 1. The molecule has 0 saturated heterocycles. The predicted octanol–water partition coefficient (Wildman–Crippen LogP) is 2.13. The molecule has 0 aromatic carbocycles. The minimum atomic E-state index is -0.0603. The summed E-state index contributed by atoms with van der Waals surface area (Å²) >= 11 is 0. The maximum absolute atomic E-state index is 11.3. The summed E-state index contributed by atoms with van der Waals surface area (Å²) in [5.74, 6) is 0.0295. The molecule has 1 rings (SSSR count). The minimum absolute atomic E-state index is 0.0295. The number of esters is 1. The normalized spacial score (nSPS) is 19.5. The van der Waals surface area contributed by atoms with Crippen molar-refractivity contribution in [3.05, 3.63) is 0 Å². The van der Waals surface area contributed by atoms with Gasteiger partial charge in [-0.3, -0.25) is 4.79 Å². The summed E-state index contributed by atoms with van der Waals surface area (Å²) < 4.78 is 5.07. The molecule has 2 heteroatoms. The standard InChI is InChI=1S/C9H16O2/c1-3-7-11-8(10)9(4-2)5-6-9/h3-7H2,1-2H3. The van der Waals surface area contributed by atoms with Crippen molar-refractivity contribution in [2.45, 2.75) is 39.5 Å². The van der Waals surface area contributed by atoms with Crippen LogP contribution < -0.4 is 0 Å². The third kappa shape index (κ3) is 1.73. The Morgan fingerprint density at radius 1 is 1.45 bits per heavy atom. The highest BCUT2D eigenvalue weighted by molar-refractivity contribution is 5.79. The van der Waals surface area contributed by atoms with E-state index in [0.29, 0.717) is 6.61 Å². The first-order valence-corrected chi connectivity index (χ1v) is 4.42. The van der Waals surface area contributed by atoms with Gasteiger partial charge in [0.2, 0.25) is 0 Å². The van der Waals surface area contributed by atoms with E-state index in [1.54, 1.807) is 0 Å². The molecule has 11 heavy (non-hydrogen) atoms. The summed E-state index contributed by atoms with van der Waals surface area (Å²) in [5.41, 5.74) is -0.0603. The summed E-state index contributed by atoms with van der Waals surface area (Å²) in [6.45, 7) is 4.65. The molecular weight excluding hydrogens is 140 g/mol. The van der Waals surface area contributed by atoms with Crippen LogP contribution >= 0.6 is 0 Å². The predicted molar refractivity (Wildman–Crippen MR) is 43.2 cm³/mol. The quantitative estimate of drug-likeness (QED) is 0.583. The molecule has 0 amide bonds. The lowest BCUT2D eigenvalue weighted by Crippen LogP contribution is -2.18. The van der Waals surface area contributed by atoms with Gasteiger partial charge in [0.25, 0.3) is 0 Å². The van der Waals surface area contributed by atoms with Gasteiger partial charge in [-0.25, -0.2) is 0 Å². The number of carbonyl (C=O) groups is 1. The molecule has 2 nitrogen and oxygen atoms in total. The molecule has 0 unspecified atom stereocenters. The van der Waals surface area contributed by atoms with E-state index in [1.807, 2.05) is 6.92 Å². The molecule has 0 N–H and O–H groups in total. The van der Waals surface area contributed by atoms with E-state index in [0.717, 1.165) is 25.7 Å². The van der Waals surface area contributed by atoms with Crippen molar-refractivity contribution in [3.8, 4) is 0 Å². The first-order valence-electron chi connectivity index (χ1n) is 4.42. The van der Waals surface area contributed by atoms with Gasteiger partial charge in [-0.2, -0.15) is 0 Å². The molecule has 0 atom stereocenters. The number of ether oxygens (including phenoxy) is 1. The molecule has 1 aliphatic carbocycles. The van der Waals surface area contributed by atoms with E-state index in [-0.39, 0.29) is 11.4 Å². The Morgan fingerprint density at radius 2 is 2.09 bits per heavy atom. The molecule has 1 fully saturated rings. The summed E-state index contributed by atoms with van der Waals surface area (Å²) in [4.78, 5) is 11.3. The Kier molecular flexibility index (Phi) is 2.53. The second-order valence-corrected chi connectivity index (χ2v) is 3.27. The molecule has 0 aliphatic heterocycles.